The van der Waals surface area contributed by atoms with Crippen LogP contribution in [0.5, 0.6) is 0 Å². The highest BCUT2D eigenvalue weighted by Crippen LogP contribution is 2.18. The van der Waals surface area contributed by atoms with Gasteiger partial charge in [0.1, 0.15) is 0 Å². The smallest absolute Gasteiger partial charge is 0.303 e. The number of aromatic nitrogens is 1. The summed E-state index contributed by atoms with van der Waals surface area (Å²) < 4.78 is 2.77. The van der Waals surface area contributed by atoms with Crippen molar-refractivity contribution in [2.45, 2.75) is 32.7 Å². The van der Waals surface area contributed by atoms with Gasteiger partial charge in [0.25, 0.3) is 5.56 Å². The van der Waals surface area contributed by atoms with E-state index < -0.39 is 5.97 Å². The van der Waals surface area contributed by atoms with Gasteiger partial charge in [0.15, 0.2) is 0 Å². The van der Waals surface area contributed by atoms with Crippen LogP contribution in [0.1, 0.15) is 26.2 Å². The van der Waals surface area contributed by atoms with Crippen LogP contribution >= 0.6 is 11.5 Å². The predicted octanol–water partition coefficient (Wildman–Crippen LogP) is 2.95. The Balaban J connectivity index is 2.00. The van der Waals surface area contributed by atoms with Crippen molar-refractivity contribution >= 4 is 27.6 Å². The molecule has 4 nitrogen and oxygen atoms in total. The van der Waals surface area contributed by atoms with Crippen LogP contribution in [0.2, 0.25) is 0 Å². The summed E-state index contributed by atoms with van der Waals surface area (Å²) in [5.74, 6) is -0.445. The molecule has 1 unspecified atom stereocenters. The van der Waals surface area contributed by atoms with Crippen molar-refractivity contribution < 1.29 is 9.90 Å². The molecule has 1 aromatic carbocycles. The van der Waals surface area contributed by atoms with Crippen LogP contribution in [0.3, 0.4) is 0 Å². The summed E-state index contributed by atoms with van der Waals surface area (Å²) in [4.78, 5) is 22.6. The van der Waals surface area contributed by atoms with E-state index in [1.807, 2.05) is 31.2 Å². The molecule has 19 heavy (non-hydrogen) atoms. The number of nitrogens with zero attached hydrogens (tertiary/aromatic N) is 1. The minimum absolute atomic E-state index is 0.0611. The number of benzene rings is 1. The molecule has 1 heterocycles. The van der Waals surface area contributed by atoms with Crippen LogP contribution in [-0.2, 0) is 11.3 Å². The van der Waals surface area contributed by atoms with E-state index in [-0.39, 0.29) is 12.0 Å². The Hall–Kier alpha value is -1.62. The van der Waals surface area contributed by atoms with E-state index in [9.17, 15) is 9.59 Å². The summed E-state index contributed by atoms with van der Waals surface area (Å²) in [7, 11) is 0. The summed E-state index contributed by atoms with van der Waals surface area (Å²) in [6, 6.07) is 7.60. The van der Waals surface area contributed by atoms with Crippen molar-refractivity contribution in [1.29, 1.82) is 0 Å². The van der Waals surface area contributed by atoms with E-state index in [0.29, 0.717) is 18.9 Å². The maximum absolute atomic E-state index is 12.1. The molecule has 0 bridgehead atoms. The first kappa shape index (κ1) is 13.8. The molecule has 0 amide bonds. The third-order valence-electron chi connectivity index (χ3n) is 3.23. The second kappa shape index (κ2) is 6.02. The van der Waals surface area contributed by atoms with Crippen LogP contribution in [0.25, 0.3) is 10.1 Å². The molecule has 0 fully saturated rings. The third kappa shape index (κ3) is 3.44. The maximum Gasteiger partial charge on any atom is 0.303 e. The Bertz CT molecular complexity index is 629. The summed E-state index contributed by atoms with van der Waals surface area (Å²) in [5, 5.41) is 9.40. The number of carbonyl (C=O) groups is 1. The number of rotatable bonds is 6. The van der Waals surface area contributed by atoms with E-state index in [4.69, 9.17) is 5.11 Å². The molecule has 0 saturated heterocycles. The normalized spacial score (nSPS) is 12.7. The van der Waals surface area contributed by atoms with Gasteiger partial charge in [-0.3, -0.25) is 13.5 Å². The Morgan fingerprint density at radius 2 is 2.11 bits per heavy atom. The van der Waals surface area contributed by atoms with Gasteiger partial charge in [0.2, 0.25) is 0 Å². The summed E-state index contributed by atoms with van der Waals surface area (Å²) in [6.45, 7) is 2.69. The first-order valence-electron chi connectivity index (χ1n) is 6.38. The summed E-state index contributed by atoms with van der Waals surface area (Å²) in [6.07, 6.45) is 1.69. The molecule has 0 spiro atoms. The largest absolute Gasteiger partial charge is 0.481 e. The molecule has 1 atom stereocenters. The second-order valence-corrected chi connectivity index (χ2v) is 5.88. The van der Waals surface area contributed by atoms with Crippen molar-refractivity contribution in [3.8, 4) is 0 Å². The molecule has 0 aliphatic carbocycles. The Kier molecular flexibility index (Phi) is 4.37. The predicted molar refractivity (Wildman–Crippen MR) is 76.7 cm³/mol. The Morgan fingerprint density at radius 1 is 1.37 bits per heavy atom. The van der Waals surface area contributed by atoms with Crippen LogP contribution in [0.15, 0.2) is 29.1 Å². The number of carboxylic acids is 1. The zero-order chi connectivity index (χ0) is 13.8. The molecular weight excluding hydrogens is 262 g/mol. The average molecular weight is 279 g/mol. The van der Waals surface area contributed by atoms with Crippen molar-refractivity contribution in [3.05, 3.63) is 34.6 Å². The average Bonchev–Trinajstić information content (AvgIpc) is 2.71. The van der Waals surface area contributed by atoms with Crippen molar-refractivity contribution in [3.63, 3.8) is 0 Å². The van der Waals surface area contributed by atoms with Gasteiger partial charge in [-0.05, 0) is 30.9 Å². The topological polar surface area (TPSA) is 59.3 Å². The SMILES string of the molecule is CC(CCC(=O)O)CCn1sc2ccccc2c1=O. The molecule has 2 rings (SSSR count). The van der Waals surface area contributed by atoms with Crippen LogP contribution in [0, 0.1) is 5.92 Å². The van der Waals surface area contributed by atoms with Gasteiger partial charge in [-0.15, -0.1) is 0 Å². The van der Waals surface area contributed by atoms with Crippen molar-refractivity contribution in [2.75, 3.05) is 0 Å². The molecule has 0 radical (unpaired) electrons. The zero-order valence-electron chi connectivity index (χ0n) is 10.8. The maximum atomic E-state index is 12.1. The van der Waals surface area contributed by atoms with E-state index in [2.05, 4.69) is 0 Å². The first-order valence-corrected chi connectivity index (χ1v) is 7.16. The van der Waals surface area contributed by atoms with Gasteiger partial charge in [0, 0.05) is 13.0 Å². The van der Waals surface area contributed by atoms with Crippen LogP contribution < -0.4 is 5.56 Å². The third-order valence-corrected chi connectivity index (χ3v) is 4.35. The Morgan fingerprint density at radius 3 is 2.79 bits per heavy atom. The molecule has 0 saturated carbocycles. The van der Waals surface area contributed by atoms with Crippen LogP contribution in [-0.4, -0.2) is 15.0 Å². The van der Waals surface area contributed by atoms with Gasteiger partial charge in [-0.25, -0.2) is 0 Å². The number of aryl methyl sites for hydroxylation is 1. The Labute approximate surface area is 115 Å². The quantitative estimate of drug-likeness (QED) is 0.884. The molecule has 5 heteroatoms. The molecule has 102 valence electrons. The number of hydrogen-bond donors (Lipinski definition) is 1. The van der Waals surface area contributed by atoms with E-state index >= 15 is 0 Å². The molecule has 1 aromatic heterocycles. The molecule has 0 aliphatic rings. The molecule has 0 aliphatic heterocycles. The monoisotopic (exact) mass is 279 g/mol. The lowest BCUT2D eigenvalue weighted by atomic mass is 10.0. The van der Waals surface area contributed by atoms with E-state index in [1.165, 1.54) is 11.5 Å². The second-order valence-electron chi connectivity index (χ2n) is 4.82. The fraction of sp³-hybridized carbons (Fsp3) is 0.429. The van der Waals surface area contributed by atoms with Crippen molar-refractivity contribution in [2.24, 2.45) is 5.92 Å². The highest BCUT2D eigenvalue weighted by molar-refractivity contribution is 7.13. The van der Waals surface area contributed by atoms with Gasteiger partial charge in [0.05, 0.1) is 10.1 Å². The summed E-state index contributed by atoms with van der Waals surface area (Å²) in [5.41, 5.74) is 0.0611. The lowest BCUT2D eigenvalue weighted by molar-refractivity contribution is -0.137. The fourth-order valence-corrected chi connectivity index (χ4v) is 3.03. The number of fused-ring (bicyclic) bond motifs is 1. The van der Waals surface area contributed by atoms with E-state index in [0.717, 1.165) is 16.5 Å². The van der Waals surface area contributed by atoms with Crippen LogP contribution in [0.4, 0.5) is 0 Å². The molecule has 2 aromatic rings. The standard InChI is InChI=1S/C14H17NO3S/c1-10(6-7-13(16)17)8-9-15-14(18)11-4-2-3-5-12(11)19-15/h2-5,10H,6-9H2,1H3,(H,16,17). The van der Waals surface area contributed by atoms with Gasteiger partial charge in [-0.2, -0.15) is 0 Å². The van der Waals surface area contributed by atoms with Gasteiger partial charge < -0.3 is 5.11 Å². The minimum Gasteiger partial charge on any atom is -0.481 e. The zero-order valence-corrected chi connectivity index (χ0v) is 11.7. The number of carboxylic acid groups (broad SMARTS) is 1. The molecule has 1 N–H and O–H groups in total. The highest BCUT2D eigenvalue weighted by atomic mass is 32.1. The summed E-state index contributed by atoms with van der Waals surface area (Å²) >= 11 is 1.48. The molecular formula is C14H17NO3S. The minimum atomic E-state index is -0.758. The van der Waals surface area contributed by atoms with Crippen molar-refractivity contribution in [1.82, 2.24) is 3.96 Å². The van der Waals surface area contributed by atoms with Gasteiger partial charge in [-0.1, -0.05) is 30.6 Å². The number of aliphatic carboxylic acids is 1. The van der Waals surface area contributed by atoms with Gasteiger partial charge >= 0.3 is 5.97 Å². The highest BCUT2D eigenvalue weighted by Gasteiger charge is 2.09. The fourth-order valence-electron chi connectivity index (χ4n) is 2.02. The lowest BCUT2D eigenvalue weighted by Gasteiger charge is -2.09. The number of hydrogen-bond acceptors (Lipinski definition) is 3. The first-order chi connectivity index (χ1) is 9.08. The lowest BCUT2D eigenvalue weighted by Crippen LogP contribution is -2.15. The van der Waals surface area contributed by atoms with E-state index in [1.54, 1.807) is 3.96 Å².